The zero-order valence-corrected chi connectivity index (χ0v) is 13.3. The third kappa shape index (κ3) is 5.16. The number of benzene rings is 1. The van der Waals surface area contributed by atoms with Gasteiger partial charge in [-0.2, -0.15) is 0 Å². The molecule has 21 heavy (non-hydrogen) atoms. The maximum absolute atomic E-state index is 13.8. The van der Waals surface area contributed by atoms with Gasteiger partial charge in [0.25, 0.3) is 0 Å². The van der Waals surface area contributed by atoms with Gasteiger partial charge in [-0.25, -0.2) is 4.39 Å². The van der Waals surface area contributed by atoms with Crippen molar-refractivity contribution in [1.82, 2.24) is 5.32 Å². The number of hydrogen-bond donors (Lipinski definition) is 2. The van der Waals surface area contributed by atoms with Gasteiger partial charge in [0.1, 0.15) is 5.82 Å². The van der Waals surface area contributed by atoms with Crippen LogP contribution in [0.15, 0.2) is 47.8 Å². The first kappa shape index (κ1) is 17.1. The van der Waals surface area contributed by atoms with Crippen molar-refractivity contribution >= 4 is 26.5 Å². The number of halogens is 1. The van der Waals surface area contributed by atoms with E-state index < -0.39 is 0 Å². The normalized spacial score (nSPS) is 13.2. The minimum absolute atomic E-state index is 0.279. The Bertz CT molecular complexity index is 606. The Hall–Kier alpha value is -1.93. The van der Waals surface area contributed by atoms with Crippen LogP contribution in [-0.4, -0.2) is 6.41 Å². The second kappa shape index (κ2) is 8.38. The minimum Gasteiger partial charge on any atom is -0.397 e. The van der Waals surface area contributed by atoms with Crippen LogP contribution in [0.25, 0.3) is 5.57 Å². The number of nitrogens with two attached hydrogens (primary N) is 1. The van der Waals surface area contributed by atoms with E-state index in [0.29, 0.717) is 23.4 Å². The Balaban J connectivity index is 3.03. The molecular weight excluding hydrogens is 286 g/mol. The second-order valence-electron chi connectivity index (χ2n) is 4.50. The summed E-state index contributed by atoms with van der Waals surface area (Å²) in [6.07, 6.45) is 6.52. The van der Waals surface area contributed by atoms with Crippen molar-refractivity contribution < 1.29 is 9.18 Å². The van der Waals surface area contributed by atoms with Crippen LogP contribution < -0.4 is 16.4 Å². The van der Waals surface area contributed by atoms with Crippen molar-refractivity contribution in [2.45, 2.75) is 20.3 Å². The predicted octanol–water partition coefficient (Wildman–Crippen LogP) is 2.61. The molecule has 0 aliphatic carbocycles. The zero-order valence-electron chi connectivity index (χ0n) is 12.2. The molecule has 1 aromatic rings. The summed E-state index contributed by atoms with van der Waals surface area (Å²) in [5, 5.41) is 3.34. The van der Waals surface area contributed by atoms with Gasteiger partial charge in [-0.05, 0) is 36.4 Å². The molecule has 0 radical (unpaired) electrons. The summed E-state index contributed by atoms with van der Waals surface area (Å²) in [6, 6.07) is 5.00. The van der Waals surface area contributed by atoms with Crippen LogP contribution in [-0.2, 0) is 4.79 Å². The molecule has 0 fully saturated rings. The molecule has 0 aliphatic heterocycles. The highest BCUT2D eigenvalue weighted by Gasteiger charge is 2.04. The van der Waals surface area contributed by atoms with Gasteiger partial charge in [-0.3, -0.25) is 4.79 Å². The molecule has 3 N–H and O–H groups in total. The fourth-order valence-electron chi connectivity index (χ4n) is 1.77. The molecule has 0 spiro atoms. The molecule has 1 rings (SSSR count). The van der Waals surface area contributed by atoms with Gasteiger partial charge in [0.2, 0.25) is 6.41 Å². The summed E-state index contributed by atoms with van der Waals surface area (Å²) in [5.41, 5.74) is 8.16. The van der Waals surface area contributed by atoms with Crippen LogP contribution in [0, 0.1) is 5.82 Å². The van der Waals surface area contributed by atoms with Crippen LogP contribution in [0.2, 0.25) is 0 Å². The minimum atomic E-state index is -0.279. The average molecular weight is 306 g/mol. The Labute approximate surface area is 127 Å². The molecule has 5 heteroatoms. The Morgan fingerprint density at radius 1 is 1.43 bits per heavy atom. The molecule has 0 aliphatic rings. The first-order valence-electron chi connectivity index (χ1n) is 6.59. The van der Waals surface area contributed by atoms with Crippen LogP contribution in [0.4, 0.5) is 4.39 Å². The van der Waals surface area contributed by atoms with Crippen molar-refractivity contribution in [2.24, 2.45) is 5.73 Å². The largest absolute Gasteiger partial charge is 0.397 e. The molecular formula is C16H20FN2OP. The highest BCUT2D eigenvalue weighted by atomic mass is 31.0. The topological polar surface area (TPSA) is 55.1 Å². The third-order valence-corrected chi connectivity index (χ3v) is 3.22. The fraction of sp³-hybridized carbons (Fsp3) is 0.188. The van der Waals surface area contributed by atoms with Gasteiger partial charge in [-0.1, -0.05) is 31.2 Å². The summed E-state index contributed by atoms with van der Waals surface area (Å²) in [7, 11) is 2.46. The highest BCUT2D eigenvalue weighted by Crippen LogP contribution is 2.17. The first-order chi connectivity index (χ1) is 9.99. The van der Waals surface area contributed by atoms with Crippen molar-refractivity contribution in [3.63, 3.8) is 0 Å². The van der Waals surface area contributed by atoms with Crippen molar-refractivity contribution in [2.75, 3.05) is 0 Å². The quantitative estimate of drug-likeness (QED) is 0.482. The molecule has 0 bridgehead atoms. The van der Waals surface area contributed by atoms with Crippen molar-refractivity contribution in [3.8, 4) is 0 Å². The number of carbonyl (C=O) groups is 1. The Morgan fingerprint density at radius 2 is 2.14 bits per heavy atom. The van der Waals surface area contributed by atoms with E-state index in [2.05, 4.69) is 14.6 Å². The number of carbonyl (C=O) groups excluding carboxylic acids is 1. The Kier molecular flexibility index (Phi) is 6.83. The number of amides is 1. The fourth-order valence-corrected chi connectivity index (χ4v) is 2.02. The van der Waals surface area contributed by atoms with Gasteiger partial charge in [0.05, 0.1) is 11.4 Å². The smallest absolute Gasteiger partial charge is 0.211 e. The van der Waals surface area contributed by atoms with E-state index in [1.807, 2.05) is 19.1 Å². The van der Waals surface area contributed by atoms with Gasteiger partial charge < -0.3 is 11.1 Å². The monoisotopic (exact) mass is 306 g/mol. The second-order valence-corrected chi connectivity index (χ2v) is 5.17. The van der Waals surface area contributed by atoms with E-state index >= 15 is 0 Å². The first-order valence-corrected chi connectivity index (χ1v) is 7.17. The SMILES string of the molecule is CC/C=C(NC=O)/C(N)=C\C=C(/C)c1ccc(P)cc1F. The maximum Gasteiger partial charge on any atom is 0.211 e. The molecule has 0 aromatic heterocycles. The molecule has 0 heterocycles. The molecule has 3 nitrogen and oxygen atoms in total. The number of allylic oxidation sites excluding steroid dienone is 4. The lowest BCUT2D eigenvalue weighted by atomic mass is 10.1. The number of hydrogen-bond acceptors (Lipinski definition) is 2. The molecule has 1 aromatic carbocycles. The molecule has 1 unspecified atom stereocenters. The highest BCUT2D eigenvalue weighted by molar-refractivity contribution is 7.27. The van der Waals surface area contributed by atoms with E-state index in [0.717, 1.165) is 17.3 Å². The Morgan fingerprint density at radius 3 is 2.71 bits per heavy atom. The van der Waals surface area contributed by atoms with Gasteiger partial charge >= 0.3 is 0 Å². The van der Waals surface area contributed by atoms with Gasteiger partial charge in [0, 0.05) is 5.56 Å². The molecule has 0 saturated carbocycles. The summed E-state index contributed by atoms with van der Waals surface area (Å²) < 4.78 is 13.8. The van der Waals surface area contributed by atoms with Crippen molar-refractivity contribution in [3.05, 3.63) is 59.2 Å². The average Bonchev–Trinajstić information content (AvgIpc) is 2.44. The van der Waals surface area contributed by atoms with E-state index in [1.54, 1.807) is 25.1 Å². The predicted molar refractivity (Wildman–Crippen MR) is 89.2 cm³/mol. The van der Waals surface area contributed by atoms with E-state index in [9.17, 15) is 9.18 Å². The van der Waals surface area contributed by atoms with Gasteiger partial charge in [-0.15, -0.1) is 9.24 Å². The number of nitrogens with one attached hydrogen (secondary N) is 1. The standard InChI is InChI=1S/C16H20FN2OP/c1-3-4-16(19-10-20)15(18)8-5-11(2)13-7-6-12(21)9-14(13)17/h4-10H,3,18,21H2,1-2H3,(H,19,20)/b11-5+,15-8+,16-4-. The molecule has 1 atom stereocenters. The maximum atomic E-state index is 13.8. The number of rotatable bonds is 6. The van der Waals surface area contributed by atoms with Crippen LogP contribution >= 0.6 is 9.24 Å². The summed E-state index contributed by atoms with van der Waals surface area (Å²) in [5.74, 6) is -0.279. The van der Waals surface area contributed by atoms with E-state index in [-0.39, 0.29) is 5.82 Å². The van der Waals surface area contributed by atoms with E-state index in [1.165, 1.54) is 6.07 Å². The lowest BCUT2D eigenvalue weighted by Crippen LogP contribution is -2.16. The third-order valence-electron chi connectivity index (χ3n) is 2.86. The lowest BCUT2D eigenvalue weighted by molar-refractivity contribution is -0.108. The van der Waals surface area contributed by atoms with Gasteiger partial charge in [0.15, 0.2) is 0 Å². The lowest BCUT2D eigenvalue weighted by Gasteiger charge is -2.06. The van der Waals surface area contributed by atoms with E-state index in [4.69, 9.17) is 5.73 Å². The molecule has 0 saturated heterocycles. The summed E-state index contributed by atoms with van der Waals surface area (Å²) in [4.78, 5) is 10.5. The molecule has 112 valence electrons. The summed E-state index contributed by atoms with van der Waals surface area (Å²) >= 11 is 0. The summed E-state index contributed by atoms with van der Waals surface area (Å²) in [6.45, 7) is 3.75. The molecule has 1 amide bonds. The van der Waals surface area contributed by atoms with Crippen LogP contribution in [0.5, 0.6) is 0 Å². The van der Waals surface area contributed by atoms with Crippen LogP contribution in [0.1, 0.15) is 25.8 Å². The van der Waals surface area contributed by atoms with Crippen molar-refractivity contribution in [1.29, 1.82) is 0 Å². The van der Waals surface area contributed by atoms with Crippen LogP contribution in [0.3, 0.4) is 0 Å². The zero-order chi connectivity index (χ0) is 15.8.